The fourth-order valence-corrected chi connectivity index (χ4v) is 1.67. The highest BCUT2D eigenvalue weighted by molar-refractivity contribution is 9.10. The van der Waals surface area contributed by atoms with E-state index in [2.05, 4.69) is 15.9 Å². The van der Waals surface area contributed by atoms with Crippen molar-refractivity contribution in [2.24, 2.45) is 0 Å². The van der Waals surface area contributed by atoms with Crippen LogP contribution in [0, 0.1) is 0 Å². The third kappa shape index (κ3) is 2.79. The average Bonchev–Trinajstić information content (AvgIpc) is 2.63. The molecule has 80 valence electrons. The highest BCUT2D eigenvalue weighted by atomic mass is 79.9. The summed E-state index contributed by atoms with van der Waals surface area (Å²) in [6, 6.07) is 7.83. The topological polar surface area (TPSA) is 35.5 Å². The Morgan fingerprint density at radius 2 is 2.13 bits per heavy atom. The van der Waals surface area contributed by atoms with E-state index in [1.807, 2.05) is 24.3 Å². The van der Waals surface area contributed by atoms with Crippen LogP contribution in [-0.2, 0) is 20.9 Å². The number of halogens is 1. The van der Waals surface area contributed by atoms with E-state index in [1.54, 1.807) is 0 Å². The predicted octanol–water partition coefficient (Wildman–Crippen LogP) is 2.28. The number of ether oxygens (including phenoxy) is 2. The maximum atomic E-state index is 11.1. The Hall–Kier alpha value is -0.870. The molecule has 1 saturated heterocycles. The molecule has 0 spiro atoms. The van der Waals surface area contributed by atoms with Gasteiger partial charge >= 0.3 is 5.97 Å². The van der Waals surface area contributed by atoms with E-state index >= 15 is 0 Å². The molecule has 3 nitrogen and oxygen atoms in total. The molecular formula is C11H11BrO3. The van der Waals surface area contributed by atoms with Gasteiger partial charge in [-0.15, -0.1) is 0 Å². The Morgan fingerprint density at radius 3 is 2.73 bits per heavy atom. The Morgan fingerprint density at radius 1 is 1.40 bits per heavy atom. The second kappa shape index (κ2) is 4.77. The lowest BCUT2D eigenvalue weighted by molar-refractivity contribution is -0.147. The second-order valence-electron chi connectivity index (χ2n) is 3.38. The standard InChI is InChI=1S/C11H11BrO3/c12-9-3-1-8(2-4-9)7-15-10-5-6-14-11(10)13/h1-4,10H,5-7H2. The molecular weight excluding hydrogens is 260 g/mol. The number of carbonyl (C=O) groups is 1. The molecule has 1 aliphatic rings. The normalized spacial score (nSPS) is 20.3. The minimum absolute atomic E-state index is 0.243. The number of hydrogen-bond acceptors (Lipinski definition) is 3. The predicted molar refractivity (Wildman–Crippen MR) is 58.3 cm³/mol. The highest BCUT2D eigenvalue weighted by Gasteiger charge is 2.26. The van der Waals surface area contributed by atoms with E-state index in [0.29, 0.717) is 19.6 Å². The van der Waals surface area contributed by atoms with Crippen molar-refractivity contribution in [3.8, 4) is 0 Å². The van der Waals surface area contributed by atoms with Crippen LogP contribution in [0.4, 0.5) is 0 Å². The molecule has 1 fully saturated rings. The maximum absolute atomic E-state index is 11.1. The molecule has 0 amide bonds. The molecule has 1 aromatic rings. The monoisotopic (exact) mass is 270 g/mol. The Labute approximate surface area is 96.5 Å². The summed E-state index contributed by atoms with van der Waals surface area (Å²) in [6.45, 7) is 0.927. The lowest BCUT2D eigenvalue weighted by Gasteiger charge is -2.07. The number of rotatable bonds is 3. The molecule has 0 N–H and O–H groups in total. The van der Waals surface area contributed by atoms with Crippen LogP contribution in [0.1, 0.15) is 12.0 Å². The molecule has 1 aliphatic heterocycles. The molecule has 1 unspecified atom stereocenters. The van der Waals surface area contributed by atoms with Gasteiger partial charge in [0.1, 0.15) is 0 Å². The van der Waals surface area contributed by atoms with Gasteiger partial charge in [0, 0.05) is 10.9 Å². The van der Waals surface area contributed by atoms with Crippen molar-refractivity contribution in [2.45, 2.75) is 19.1 Å². The van der Waals surface area contributed by atoms with E-state index in [4.69, 9.17) is 9.47 Å². The van der Waals surface area contributed by atoms with Crippen molar-refractivity contribution >= 4 is 21.9 Å². The highest BCUT2D eigenvalue weighted by Crippen LogP contribution is 2.15. The molecule has 0 aliphatic carbocycles. The van der Waals surface area contributed by atoms with Crippen molar-refractivity contribution in [3.05, 3.63) is 34.3 Å². The number of benzene rings is 1. The van der Waals surface area contributed by atoms with Gasteiger partial charge in [-0.25, -0.2) is 4.79 Å². The SMILES string of the molecule is O=C1OCCC1OCc1ccc(Br)cc1. The lowest BCUT2D eigenvalue weighted by Crippen LogP contribution is -2.18. The largest absolute Gasteiger partial charge is 0.464 e. The molecule has 1 aromatic carbocycles. The molecule has 4 heteroatoms. The molecule has 2 rings (SSSR count). The Balaban J connectivity index is 1.87. The van der Waals surface area contributed by atoms with Gasteiger partial charge in [-0.2, -0.15) is 0 Å². The van der Waals surface area contributed by atoms with Gasteiger partial charge in [0.05, 0.1) is 13.2 Å². The van der Waals surface area contributed by atoms with Gasteiger partial charge in [0.15, 0.2) is 6.10 Å². The van der Waals surface area contributed by atoms with Gasteiger partial charge in [-0.05, 0) is 17.7 Å². The van der Waals surface area contributed by atoms with Crippen molar-refractivity contribution in [2.75, 3.05) is 6.61 Å². The first kappa shape index (κ1) is 10.6. The zero-order valence-electron chi connectivity index (χ0n) is 8.11. The van der Waals surface area contributed by atoms with Crippen molar-refractivity contribution < 1.29 is 14.3 Å². The summed E-state index contributed by atoms with van der Waals surface area (Å²) in [5, 5.41) is 0. The van der Waals surface area contributed by atoms with Crippen LogP contribution in [0.5, 0.6) is 0 Å². The van der Waals surface area contributed by atoms with Crippen LogP contribution in [0.3, 0.4) is 0 Å². The molecule has 0 radical (unpaired) electrons. The van der Waals surface area contributed by atoms with E-state index in [1.165, 1.54) is 0 Å². The maximum Gasteiger partial charge on any atom is 0.335 e. The first-order chi connectivity index (χ1) is 7.25. The van der Waals surface area contributed by atoms with E-state index in [9.17, 15) is 4.79 Å². The van der Waals surface area contributed by atoms with Crippen LogP contribution in [0.2, 0.25) is 0 Å². The summed E-state index contributed by atoms with van der Waals surface area (Å²) < 4.78 is 11.3. The van der Waals surface area contributed by atoms with Crippen LogP contribution in [0.15, 0.2) is 28.7 Å². The van der Waals surface area contributed by atoms with Crippen LogP contribution in [-0.4, -0.2) is 18.7 Å². The zero-order chi connectivity index (χ0) is 10.7. The quantitative estimate of drug-likeness (QED) is 0.791. The van der Waals surface area contributed by atoms with Gasteiger partial charge in [0.2, 0.25) is 0 Å². The van der Waals surface area contributed by atoms with Crippen LogP contribution < -0.4 is 0 Å². The van der Waals surface area contributed by atoms with Crippen molar-refractivity contribution in [1.29, 1.82) is 0 Å². The summed E-state index contributed by atoms with van der Waals surface area (Å²) in [4.78, 5) is 11.1. The summed E-state index contributed by atoms with van der Waals surface area (Å²) in [5.41, 5.74) is 1.05. The van der Waals surface area contributed by atoms with Crippen LogP contribution >= 0.6 is 15.9 Å². The fourth-order valence-electron chi connectivity index (χ4n) is 1.41. The molecule has 0 aromatic heterocycles. The average molecular weight is 271 g/mol. The Kier molecular flexibility index (Phi) is 3.38. The minimum Gasteiger partial charge on any atom is -0.464 e. The van der Waals surface area contributed by atoms with Gasteiger partial charge in [0.25, 0.3) is 0 Å². The number of carbonyl (C=O) groups excluding carboxylic acids is 1. The van der Waals surface area contributed by atoms with Gasteiger partial charge in [-0.1, -0.05) is 28.1 Å². The summed E-state index contributed by atoms with van der Waals surface area (Å²) in [6.07, 6.45) is 0.281. The van der Waals surface area contributed by atoms with E-state index < -0.39 is 0 Å². The van der Waals surface area contributed by atoms with E-state index in [0.717, 1.165) is 10.0 Å². The lowest BCUT2D eigenvalue weighted by atomic mass is 10.2. The molecule has 1 heterocycles. The second-order valence-corrected chi connectivity index (χ2v) is 4.30. The summed E-state index contributed by atoms with van der Waals surface area (Å²) in [5.74, 6) is -0.243. The first-order valence-corrected chi connectivity index (χ1v) is 5.58. The van der Waals surface area contributed by atoms with Crippen LogP contribution in [0.25, 0.3) is 0 Å². The fraction of sp³-hybridized carbons (Fsp3) is 0.364. The molecule has 1 atom stereocenters. The molecule has 0 bridgehead atoms. The molecule has 0 saturated carbocycles. The third-order valence-electron chi connectivity index (χ3n) is 2.25. The number of cyclic esters (lactones) is 1. The van der Waals surface area contributed by atoms with E-state index in [-0.39, 0.29) is 12.1 Å². The molecule has 15 heavy (non-hydrogen) atoms. The minimum atomic E-state index is -0.381. The number of hydrogen-bond donors (Lipinski definition) is 0. The summed E-state index contributed by atoms with van der Waals surface area (Å²) in [7, 11) is 0. The Bertz CT molecular complexity index is 347. The smallest absolute Gasteiger partial charge is 0.335 e. The first-order valence-electron chi connectivity index (χ1n) is 4.78. The van der Waals surface area contributed by atoms with Gasteiger partial charge in [-0.3, -0.25) is 0 Å². The summed E-state index contributed by atoms with van der Waals surface area (Å²) >= 11 is 3.36. The van der Waals surface area contributed by atoms with Gasteiger partial charge < -0.3 is 9.47 Å². The third-order valence-corrected chi connectivity index (χ3v) is 2.78. The van der Waals surface area contributed by atoms with Crippen molar-refractivity contribution in [1.82, 2.24) is 0 Å². The zero-order valence-corrected chi connectivity index (χ0v) is 9.70. The number of esters is 1. The van der Waals surface area contributed by atoms with Crippen molar-refractivity contribution in [3.63, 3.8) is 0 Å².